The molecule has 0 N–H and O–H groups in total. The van der Waals surface area contributed by atoms with Gasteiger partial charge in [0.15, 0.2) is 0 Å². The Balaban J connectivity index is 1.11. The topological polar surface area (TPSA) is 9.72 Å². The minimum absolute atomic E-state index is 0.0849. The monoisotopic (exact) mass is 651 g/mol. The van der Waals surface area contributed by atoms with Crippen molar-refractivity contribution in [2.24, 2.45) is 22.7 Å². The van der Waals surface area contributed by atoms with E-state index in [1.54, 1.807) is 5.57 Å². The summed E-state index contributed by atoms with van der Waals surface area (Å²) in [5.41, 5.74) is 18.0. The Labute approximate surface area is 297 Å². The first-order valence-electron chi connectivity index (χ1n) is 18.5. The van der Waals surface area contributed by atoms with Crippen molar-refractivity contribution in [2.75, 3.05) is 18.5 Å². The van der Waals surface area contributed by atoms with E-state index >= 15 is 0 Å². The van der Waals surface area contributed by atoms with E-state index in [2.05, 4.69) is 177 Å². The zero-order chi connectivity index (χ0) is 33.9. The summed E-state index contributed by atoms with van der Waals surface area (Å²) in [6, 6.07) is 27.3. The van der Waals surface area contributed by atoms with Crippen molar-refractivity contribution in [1.82, 2.24) is 9.80 Å². The molecule has 3 heterocycles. The summed E-state index contributed by atoms with van der Waals surface area (Å²) >= 11 is 0. The van der Waals surface area contributed by atoms with Crippen LogP contribution in [0, 0.1) is 22.7 Å². The molecule has 10 rings (SSSR count). The van der Waals surface area contributed by atoms with Crippen LogP contribution in [0.1, 0.15) is 50.8 Å². The molecule has 7 aliphatic rings. The molecule has 0 radical (unpaired) electrons. The summed E-state index contributed by atoms with van der Waals surface area (Å²) in [5, 5.41) is 0. The zero-order valence-corrected chi connectivity index (χ0v) is 29.8. The van der Waals surface area contributed by atoms with E-state index in [0.717, 1.165) is 19.4 Å². The number of fused-ring (bicyclic) bond motifs is 9. The first kappa shape index (κ1) is 29.9. The zero-order valence-electron chi connectivity index (χ0n) is 29.8. The fraction of sp³-hybridized carbons (Fsp3) is 0.277. The highest BCUT2D eigenvalue weighted by atomic mass is 15.2. The van der Waals surface area contributed by atoms with Gasteiger partial charge in [-0.05, 0) is 106 Å². The molecule has 3 aromatic carbocycles. The molecular formula is C47H45N3. The van der Waals surface area contributed by atoms with Gasteiger partial charge in [-0.25, -0.2) is 0 Å². The van der Waals surface area contributed by atoms with Crippen LogP contribution in [0.2, 0.25) is 0 Å². The van der Waals surface area contributed by atoms with E-state index in [0.29, 0.717) is 11.8 Å². The number of allylic oxidation sites excluding steroid dienone is 7. The lowest BCUT2D eigenvalue weighted by molar-refractivity contribution is 0.218. The smallest absolute Gasteiger partial charge is 0.0647 e. The molecule has 3 heteroatoms. The highest BCUT2D eigenvalue weighted by Gasteiger charge is 2.53. The van der Waals surface area contributed by atoms with Crippen molar-refractivity contribution < 1.29 is 0 Å². The number of benzene rings is 3. The van der Waals surface area contributed by atoms with Gasteiger partial charge in [0.1, 0.15) is 0 Å². The average Bonchev–Trinajstić information content (AvgIpc) is 3.53. The Morgan fingerprint density at radius 1 is 0.780 bits per heavy atom. The fourth-order valence-electron chi connectivity index (χ4n) is 10.7. The van der Waals surface area contributed by atoms with Gasteiger partial charge in [-0.3, -0.25) is 0 Å². The van der Waals surface area contributed by atoms with Crippen molar-refractivity contribution >= 4 is 17.3 Å². The van der Waals surface area contributed by atoms with Crippen LogP contribution in [0.15, 0.2) is 155 Å². The molecular weight excluding hydrogens is 607 g/mol. The van der Waals surface area contributed by atoms with E-state index in [1.807, 2.05) is 0 Å². The van der Waals surface area contributed by atoms with Crippen molar-refractivity contribution in [3.05, 3.63) is 172 Å². The van der Waals surface area contributed by atoms with E-state index in [4.69, 9.17) is 0 Å². The number of hydrogen-bond donors (Lipinski definition) is 0. The fourth-order valence-corrected chi connectivity index (χ4v) is 10.7. The van der Waals surface area contributed by atoms with Crippen LogP contribution in [0.3, 0.4) is 0 Å². The van der Waals surface area contributed by atoms with E-state index in [1.165, 1.54) is 67.3 Å². The summed E-state index contributed by atoms with van der Waals surface area (Å²) < 4.78 is 0. The number of nitrogens with zero attached hydrogens (tertiary/aromatic N) is 3. The summed E-state index contributed by atoms with van der Waals surface area (Å²) in [6.07, 6.45) is 23.9. The van der Waals surface area contributed by atoms with Crippen LogP contribution in [0.5, 0.6) is 0 Å². The lowest BCUT2D eigenvalue weighted by Gasteiger charge is -2.46. The highest BCUT2D eigenvalue weighted by Crippen LogP contribution is 2.61. The molecule has 0 amide bonds. The molecule has 0 saturated carbocycles. The Bertz CT molecular complexity index is 2250. The Kier molecular flexibility index (Phi) is 6.27. The van der Waals surface area contributed by atoms with Crippen LogP contribution in [-0.2, 0) is 6.42 Å². The molecule has 3 aliphatic heterocycles. The number of likely N-dealkylation sites (N-methyl/N-ethyl adjacent to an activating group) is 1. The predicted octanol–water partition coefficient (Wildman–Crippen LogP) is 10.5. The van der Waals surface area contributed by atoms with E-state index < -0.39 is 0 Å². The quantitative estimate of drug-likeness (QED) is 0.273. The molecule has 0 spiro atoms. The third-order valence-corrected chi connectivity index (χ3v) is 13.0. The third kappa shape index (κ3) is 3.98. The predicted molar refractivity (Wildman–Crippen MR) is 207 cm³/mol. The number of anilines is 1. The maximum absolute atomic E-state index is 2.62. The van der Waals surface area contributed by atoms with Gasteiger partial charge >= 0.3 is 0 Å². The largest absolute Gasteiger partial charge is 0.376 e. The van der Waals surface area contributed by atoms with Crippen molar-refractivity contribution in [3.63, 3.8) is 0 Å². The Hall–Kier alpha value is -5.02. The summed E-state index contributed by atoms with van der Waals surface area (Å²) in [4.78, 5) is 7.55. The van der Waals surface area contributed by atoms with Crippen LogP contribution in [-0.4, -0.2) is 29.4 Å². The first-order chi connectivity index (χ1) is 24.3. The molecule has 0 bridgehead atoms. The Morgan fingerprint density at radius 3 is 2.40 bits per heavy atom. The maximum Gasteiger partial charge on any atom is 0.0647 e. The maximum atomic E-state index is 2.62. The number of para-hydroxylation sites is 1. The molecule has 3 unspecified atom stereocenters. The first-order valence-corrected chi connectivity index (χ1v) is 18.5. The molecule has 0 fully saturated rings. The SMILES string of the molecule is CC1C(N2C=CC3(C)C4=C(C=CC23)N(C2=Cc3ccccc3CC2)c2ccccc2-c2ccccc24)=CC=C2C3=C(C=CN(C)C3)C(C)(C)[C@@H]21. The number of aryl methyl sites for hydroxylation is 1. The lowest BCUT2D eigenvalue weighted by Crippen LogP contribution is -2.43. The van der Waals surface area contributed by atoms with Crippen LogP contribution in [0.4, 0.5) is 5.69 Å². The van der Waals surface area contributed by atoms with Crippen molar-refractivity contribution in [1.29, 1.82) is 0 Å². The lowest BCUT2D eigenvalue weighted by atomic mass is 9.66. The van der Waals surface area contributed by atoms with E-state index in [-0.39, 0.29) is 16.9 Å². The van der Waals surface area contributed by atoms with Gasteiger partial charge in [-0.15, -0.1) is 0 Å². The minimum Gasteiger partial charge on any atom is -0.376 e. The van der Waals surface area contributed by atoms with Gasteiger partial charge in [0.2, 0.25) is 0 Å². The summed E-state index contributed by atoms with van der Waals surface area (Å²) in [7, 11) is 2.19. The van der Waals surface area contributed by atoms with Crippen LogP contribution < -0.4 is 4.90 Å². The van der Waals surface area contributed by atoms with Crippen LogP contribution in [0.25, 0.3) is 22.8 Å². The third-order valence-electron chi connectivity index (χ3n) is 13.0. The second-order valence-electron chi connectivity index (χ2n) is 16.1. The molecule has 50 heavy (non-hydrogen) atoms. The normalized spacial score (nSPS) is 28.1. The summed E-state index contributed by atoms with van der Waals surface area (Å²) in [5.74, 6) is 0.843. The van der Waals surface area contributed by atoms with E-state index in [9.17, 15) is 0 Å². The van der Waals surface area contributed by atoms with Crippen molar-refractivity contribution in [3.8, 4) is 11.1 Å². The van der Waals surface area contributed by atoms with Gasteiger partial charge in [-0.1, -0.05) is 106 Å². The molecule has 3 aromatic rings. The number of hydrogen-bond acceptors (Lipinski definition) is 3. The Morgan fingerprint density at radius 2 is 1.54 bits per heavy atom. The minimum atomic E-state index is -0.230. The van der Waals surface area contributed by atoms with Gasteiger partial charge < -0.3 is 14.7 Å². The van der Waals surface area contributed by atoms with Gasteiger partial charge in [0, 0.05) is 54.0 Å². The van der Waals surface area contributed by atoms with Gasteiger partial charge in [0.25, 0.3) is 0 Å². The van der Waals surface area contributed by atoms with Gasteiger partial charge in [0.05, 0.1) is 17.4 Å². The molecule has 3 nitrogen and oxygen atoms in total. The second kappa shape index (κ2) is 10.5. The standard InChI is InChI=1S/C47H45N3/c1-30-40(21-20-37-38-29-48(5)26-24-39(38)46(2,3)44(30)37)49-27-25-47(4)43(49)23-22-42-45(47)36-16-9-8-14-34(36)35-15-10-11-17-41(35)50(42)33-19-18-31-12-6-7-13-32(31)28-33/h6-17,20-28,30,43-44H,18-19,29H2,1-5H3/t30?,43?,44-,47?/m1/s1. The van der Waals surface area contributed by atoms with Gasteiger partial charge in [-0.2, -0.15) is 0 Å². The molecule has 0 aromatic heterocycles. The average molecular weight is 652 g/mol. The van der Waals surface area contributed by atoms with Crippen molar-refractivity contribution in [2.45, 2.75) is 46.6 Å². The highest BCUT2D eigenvalue weighted by molar-refractivity contribution is 5.98. The molecule has 4 aliphatic carbocycles. The molecule has 4 atom stereocenters. The van der Waals surface area contributed by atoms with Crippen LogP contribution >= 0.6 is 0 Å². The second-order valence-corrected chi connectivity index (χ2v) is 16.1. The summed E-state index contributed by atoms with van der Waals surface area (Å²) in [6.45, 7) is 10.9. The molecule has 0 saturated heterocycles. The number of rotatable bonds is 2. The molecule has 248 valence electrons.